The van der Waals surface area contributed by atoms with Crippen LogP contribution < -0.4 is 10.6 Å². The molecule has 1 unspecified atom stereocenters. The third-order valence-corrected chi connectivity index (χ3v) is 7.53. The van der Waals surface area contributed by atoms with Gasteiger partial charge in [0, 0.05) is 19.6 Å². The summed E-state index contributed by atoms with van der Waals surface area (Å²) in [6.07, 6.45) is 0. The Morgan fingerprint density at radius 2 is 1.87 bits per heavy atom. The molecule has 1 saturated heterocycles. The summed E-state index contributed by atoms with van der Waals surface area (Å²) >= 11 is 11.7. The van der Waals surface area contributed by atoms with Gasteiger partial charge in [-0.2, -0.15) is 4.31 Å². The van der Waals surface area contributed by atoms with Crippen LogP contribution in [-0.2, 0) is 14.8 Å². The zero-order chi connectivity index (χ0) is 22.4. The number of hydrogen-bond donors (Lipinski definition) is 2. The number of halogens is 1. The van der Waals surface area contributed by atoms with Gasteiger partial charge in [-0.3, -0.25) is 0 Å². The van der Waals surface area contributed by atoms with Crippen LogP contribution in [0.25, 0.3) is 0 Å². The number of likely N-dealkylation sites (N-methyl/N-ethyl adjacent to an activating group) is 1. The van der Waals surface area contributed by atoms with Crippen LogP contribution in [0.1, 0.15) is 11.6 Å². The lowest BCUT2D eigenvalue weighted by Gasteiger charge is -2.27. The van der Waals surface area contributed by atoms with Gasteiger partial charge in [0.15, 0.2) is 5.11 Å². The summed E-state index contributed by atoms with van der Waals surface area (Å²) in [7, 11) is 0.387. The van der Waals surface area contributed by atoms with Gasteiger partial charge in [-0.1, -0.05) is 41.9 Å². The number of nitrogens with one attached hydrogen (secondary N) is 2. The van der Waals surface area contributed by atoms with Crippen molar-refractivity contribution in [2.75, 3.05) is 52.3 Å². The van der Waals surface area contributed by atoms with E-state index >= 15 is 0 Å². The standard InChI is InChI=1S/C21H27ClN4O3S2/c1-25(2)20(16-6-4-3-5-7-16)15-23-21(30)24-19-14-17(8-9-18(19)22)31(27,28)26-10-12-29-13-11-26/h3-9,14,20H,10-13,15H2,1-2H3,(H2,23,24,30). The van der Waals surface area contributed by atoms with Crippen molar-refractivity contribution in [3.05, 3.63) is 59.1 Å². The van der Waals surface area contributed by atoms with E-state index in [0.29, 0.717) is 48.7 Å². The molecule has 1 atom stereocenters. The zero-order valence-corrected chi connectivity index (χ0v) is 19.9. The maximum absolute atomic E-state index is 12.9. The molecule has 0 bridgehead atoms. The first kappa shape index (κ1) is 23.9. The third-order valence-electron chi connectivity index (χ3n) is 5.06. The van der Waals surface area contributed by atoms with Gasteiger partial charge in [0.05, 0.1) is 34.9 Å². The van der Waals surface area contributed by atoms with E-state index in [4.69, 9.17) is 28.6 Å². The maximum Gasteiger partial charge on any atom is 0.243 e. The summed E-state index contributed by atoms with van der Waals surface area (Å²) in [6, 6.07) is 14.8. The Morgan fingerprint density at radius 1 is 1.19 bits per heavy atom. The molecular formula is C21H27ClN4O3S2. The van der Waals surface area contributed by atoms with Crippen molar-refractivity contribution in [3.63, 3.8) is 0 Å². The van der Waals surface area contributed by atoms with Crippen LogP contribution in [0.4, 0.5) is 5.69 Å². The van der Waals surface area contributed by atoms with Crippen molar-refractivity contribution < 1.29 is 13.2 Å². The summed E-state index contributed by atoms with van der Waals surface area (Å²) in [5, 5.41) is 6.99. The molecular weight excluding hydrogens is 456 g/mol. The molecule has 31 heavy (non-hydrogen) atoms. The van der Waals surface area contributed by atoms with E-state index in [1.807, 2.05) is 32.3 Å². The Morgan fingerprint density at radius 3 is 2.52 bits per heavy atom. The Kier molecular flexibility index (Phi) is 8.26. The molecule has 2 aromatic rings. The second kappa shape index (κ2) is 10.7. The van der Waals surface area contributed by atoms with Gasteiger partial charge in [0.2, 0.25) is 10.0 Å². The fourth-order valence-electron chi connectivity index (χ4n) is 3.33. The first-order chi connectivity index (χ1) is 14.8. The minimum atomic E-state index is -3.63. The zero-order valence-electron chi connectivity index (χ0n) is 17.5. The highest BCUT2D eigenvalue weighted by molar-refractivity contribution is 7.89. The monoisotopic (exact) mass is 482 g/mol. The molecule has 7 nitrogen and oxygen atoms in total. The summed E-state index contributed by atoms with van der Waals surface area (Å²) in [5.74, 6) is 0. The van der Waals surface area contributed by atoms with Crippen LogP contribution >= 0.6 is 23.8 Å². The number of nitrogens with zero attached hydrogens (tertiary/aromatic N) is 2. The van der Waals surface area contributed by atoms with Crippen LogP contribution in [0, 0.1) is 0 Å². The van der Waals surface area contributed by atoms with Gasteiger partial charge < -0.3 is 20.3 Å². The molecule has 1 heterocycles. The average molecular weight is 483 g/mol. The van der Waals surface area contributed by atoms with Crippen molar-refractivity contribution >= 4 is 44.6 Å². The van der Waals surface area contributed by atoms with E-state index in [-0.39, 0.29) is 10.9 Å². The fourth-order valence-corrected chi connectivity index (χ4v) is 5.12. The van der Waals surface area contributed by atoms with E-state index in [0.717, 1.165) is 0 Å². The van der Waals surface area contributed by atoms with Gasteiger partial charge in [-0.25, -0.2) is 8.42 Å². The SMILES string of the molecule is CN(C)C(CNC(=S)Nc1cc(S(=O)(=O)N2CCOCC2)ccc1Cl)c1ccccc1. The number of ether oxygens (including phenoxy) is 1. The smallest absolute Gasteiger partial charge is 0.243 e. The van der Waals surface area contributed by atoms with Gasteiger partial charge in [0.1, 0.15) is 0 Å². The largest absolute Gasteiger partial charge is 0.379 e. The number of benzene rings is 2. The molecule has 3 rings (SSSR count). The molecule has 2 aromatic carbocycles. The summed E-state index contributed by atoms with van der Waals surface area (Å²) in [5.41, 5.74) is 1.61. The molecule has 1 aliphatic rings. The maximum atomic E-state index is 12.9. The van der Waals surface area contributed by atoms with E-state index in [2.05, 4.69) is 27.7 Å². The fraction of sp³-hybridized carbons (Fsp3) is 0.381. The summed E-state index contributed by atoms with van der Waals surface area (Å²) in [4.78, 5) is 2.27. The number of morpholine rings is 1. The minimum absolute atomic E-state index is 0.115. The van der Waals surface area contributed by atoms with E-state index in [9.17, 15) is 8.42 Å². The normalized spacial score (nSPS) is 16.1. The lowest BCUT2D eigenvalue weighted by molar-refractivity contribution is 0.0730. The van der Waals surface area contributed by atoms with Crippen LogP contribution in [0.2, 0.25) is 5.02 Å². The van der Waals surface area contributed by atoms with Gasteiger partial charge in [-0.15, -0.1) is 0 Å². The molecule has 0 aromatic heterocycles. The molecule has 0 amide bonds. The highest BCUT2D eigenvalue weighted by Crippen LogP contribution is 2.27. The van der Waals surface area contributed by atoms with Crippen molar-refractivity contribution in [2.24, 2.45) is 0 Å². The lowest BCUT2D eigenvalue weighted by atomic mass is 10.1. The Hall–Kier alpha value is -1.75. The van der Waals surface area contributed by atoms with E-state index in [1.165, 1.54) is 22.0 Å². The molecule has 168 valence electrons. The molecule has 10 heteroatoms. The Bertz CT molecular complexity index is 997. The Balaban J connectivity index is 1.69. The number of rotatable bonds is 7. The molecule has 0 spiro atoms. The molecule has 2 N–H and O–H groups in total. The first-order valence-corrected chi connectivity index (χ1v) is 12.2. The molecule has 0 radical (unpaired) electrons. The number of sulfonamides is 1. The lowest BCUT2D eigenvalue weighted by Crippen LogP contribution is -2.40. The molecule has 1 aliphatic heterocycles. The Labute approximate surface area is 194 Å². The van der Waals surface area contributed by atoms with Gasteiger partial charge >= 0.3 is 0 Å². The van der Waals surface area contributed by atoms with Crippen molar-refractivity contribution in [1.82, 2.24) is 14.5 Å². The molecule has 0 saturated carbocycles. The van der Waals surface area contributed by atoms with Crippen molar-refractivity contribution in [2.45, 2.75) is 10.9 Å². The second-order valence-corrected chi connectivity index (χ2v) is 10.1. The minimum Gasteiger partial charge on any atom is -0.379 e. The van der Waals surface area contributed by atoms with Gasteiger partial charge in [-0.05, 0) is 50.1 Å². The topological polar surface area (TPSA) is 73.9 Å². The number of anilines is 1. The highest BCUT2D eigenvalue weighted by Gasteiger charge is 2.27. The van der Waals surface area contributed by atoms with Gasteiger partial charge in [0.25, 0.3) is 0 Å². The van der Waals surface area contributed by atoms with Crippen molar-refractivity contribution in [1.29, 1.82) is 0 Å². The molecule has 0 aliphatic carbocycles. The summed E-state index contributed by atoms with van der Waals surface area (Å²) in [6.45, 7) is 2.02. The number of thiocarbonyl (C=S) groups is 1. The molecule has 1 fully saturated rings. The quantitative estimate of drug-likeness (QED) is 0.588. The highest BCUT2D eigenvalue weighted by atomic mass is 35.5. The average Bonchev–Trinajstić information content (AvgIpc) is 2.76. The van der Waals surface area contributed by atoms with Crippen LogP contribution in [0.15, 0.2) is 53.4 Å². The van der Waals surface area contributed by atoms with E-state index in [1.54, 1.807) is 6.07 Å². The van der Waals surface area contributed by atoms with Crippen LogP contribution in [0.3, 0.4) is 0 Å². The van der Waals surface area contributed by atoms with E-state index < -0.39 is 10.0 Å². The predicted molar refractivity (Wildman–Crippen MR) is 128 cm³/mol. The predicted octanol–water partition coefficient (Wildman–Crippen LogP) is 2.95. The van der Waals surface area contributed by atoms with Crippen LogP contribution in [-0.4, -0.2) is 69.7 Å². The second-order valence-electron chi connectivity index (χ2n) is 7.38. The van der Waals surface area contributed by atoms with Crippen molar-refractivity contribution in [3.8, 4) is 0 Å². The number of hydrogen-bond acceptors (Lipinski definition) is 5. The van der Waals surface area contributed by atoms with Crippen LogP contribution in [0.5, 0.6) is 0 Å². The summed E-state index contributed by atoms with van der Waals surface area (Å²) < 4.78 is 32.5. The first-order valence-electron chi connectivity index (χ1n) is 9.92. The third kappa shape index (κ3) is 6.15.